The summed E-state index contributed by atoms with van der Waals surface area (Å²) in [6.07, 6.45) is 0.313. The molecule has 0 aliphatic carbocycles. The molecule has 1 aromatic rings. The van der Waals surface area contributed by atoms with Gasteiger partial charge in [-0.05, 0) is 32.4 Å². The molecule has 1 rings (SSSR count). The van der Waals surface area contributed by atoms with E-state index in [0.717, 1.165) is 6.29 Å². The van der Waals surface area contributed by atoms with Crippen LogP contribution in [0.3, 0.4) is 0 Å². The first-order valence-corrected chi connectivity index (χ1v) is 6.39. The third-order valence-corrected chi connectivity index (χ3v) is 2.65. The van der Waals surface area contributed by atoms with E-state index in [1.54, 1.807) is 45.0 Å². The van der Waals surface area contributed by atoms with Gasteiger partial charge >= 0.3 is 6.09 Å². The van der Waals surface area contributed by atoms with Gasteiger partial charge in [-0.25, -0.2) is 4.79 Å². The van der Waals surface area contributed by atoms with Crippen LogP contribution in [-0.2, 0) is 9.53 Å². The first kappa shape index (κ1) is 15.5. The number of benzene rings is 1. The van der Waals surface area contributed by atoms with Gasteiger partial charge in [0, 0.05) is 11.4 Å². The number of rotatable bonds is 4. The first-order chi connectivity index (χ1) is 8.83. The van der Waals surface area contributed by atoms with Gasteiger partial charge in [0.15, 0.2) is 0 Å². The highest BCUT2D eigenvalue weighted by molar-refractivity contribution is 6.31. The number of nitrogens with one attached hydrogen (secondary N) is 1. The molecule has 1 N–H and O–H groups in total. The zero-order valence-corrected chi connectivity index (χ0v) is 12.0. The number of aldehydes is 1. The van der Waals surface area contributed by atoms with Crippen molar-refractivity contribution in [1.82, 2.24) is 5.32 Å². The Hall–Kier alpha value is -1.55. The van der Waals surface area contributed by atoms with Crippen LogP contribution in [0.25, 0.3) is 0 Å². The lowest BCUT2D eigenvalue weighted by Crippen LogP contribution is -2.35. The van der Waals surface area contributed by atoms with Crippen molar-refractivity contribution in [3.8, 4) is 0 Å². The number of amides is 1. The molecule has 0 saturated carbocycles. The fraction of sp³-hybridized carbons (Fsp3) is 0.429. The van der Waals surface area contributed by atoms with Crippen molar-refractivity contribution < 1.29 is 14.3 Å². The number of hydrogen-bond donors (Lipinski definition) is 1. The van der Waals surface area contributed by atoms with E-state index in [1.165, 1.54) is 0 Å². The smallest absolute Gasteiger partial charge is 0.408 e. The second-order valence-corrected chi connectivity index (χ2v) is 5.53. The van der Waals surface area contributed by atoms with E-state index >= 15 is 0 Å². The van der Waals surface area contributed by atoms with E-state index in [1.807, 2.05) is 0 Å². The Kier molecular flexibility index (Phi) is 5.36. The molecular formula is C14H18ClNO3. The molecule has 104 valence electrons. The highest BCUT2D eigenvalue weighted by Crippen LogP contribution is 2.24. The van der Waals surface area contributed by atoms with Crippen LogP contribution in [0.15, 0.2) is 24.3 Å². The largest absolute Gasteiger partial charge is 0.444 e. The van der Waals surface area contributed by atoms with Crippen LogP contribution in [0.2, 0.25) is 5.02 Å². The molecule has 19 heavy (non-hydrogen) atoms. The maximum absolute atomic E-state index is 11.7. The Labute approximate surface area is 118 Å². The molecule has 0 spiro atoms. The van der Waals surface area contributed by atoms with Crippen molar-refractivity contribution in [2.24, 2.45) is 0 Å². The standard InChI is InChI=1S/C14H18ClNO3/c1-14(2,3)19-13(18)16-12(8-9-17)10-6-4-5-7-11(10)15/h4-7,9,12H,8H2,1-3H3,(H,16,18)/t12-/m0/s1. The van der Waals surface area contributed by atoms with Crippen molar-refractivity contribution in [3.63, 3.8) is 0 Å². The van der Waals surface area contributed by atoms with Gasteiger partial charge in [0.25, 0.3) is 0 Å². The average Bonchev–Trinajstić information content (AvgIpc) is 2.26. The second-order valence-electron chi connectivity index (χ2n) is 5.12. The quantitative estimate of drug-likeness (QED) is 0.861. The number of alkyl carbamates (subject to hydrolysis) is 1. The minimum Gasteiger partial charge on any atom is -0.444 e. The Morgan fingerprint density at radius 1 is 1.42 bits per heavy atom. The summed E-state index contributed by atoms with van der Waals surface area (Å²) in [6, 6.07) is 6.59. The number of hydrogen-bond acceptors (Lipinski definition) is 3. The van der Waals surface area contributed by atoms with Crippen molar-refractivity contribution >= 4 is 24.0 Å². The van der Waals surface area contributed by atoms with Gasteiger partial charge in [-0.2, -0.15) is 0 Å². The van der Waals surface area contributed by atoms with E-state index < -0.39 is 17.7 Å². The molecule has 1 amide bonds. The van der Waals surface area contributed by atoms with E-state index in [9.17, 15) is 9.59 Å². The van der Waals surface area contributed by atoms with Crippen LogP contribution < -0.4 is 5.32 Å². The normalized spacial score (nSPS) is 12.6. The molecule has 0 heterocycles. The topological polar surface area (TPSA) is 55.4 Å². The van der Waals surface area contributed by atoms with Crippen LogP contribution in [0.4, 0.5) is 4.79 Å². The summed E-state index contributed by atoms with van der Waals surface area (Å²) in [5.74, 6) is 0. The second kappa shape index (κ2) is 6.57. The molecule has 0 saturated heterocycles. The summed E-state index contributed by atoms with van der Waals surface area (Å²) in [5, 5.41) is 3.16. The Bertz CT molecular complexity index is 454. The highest BCUT2D eigenvalue weighted by atomic mass is 35.5. The van der Waals surface area contributed by atoms with E-state index in [2.05, 4.69) is 5.32 Å². The fourth-order valence-electron chi connectivity index (χ4n) is 1.57. The van der Waals surface area contributed by atoms with E-state index in [0.29, 0.717) is 10.6 Å². The monoisotopic (exact) mass is 283 g/mol. The summed E-state index contributed by atoms with van der Waals surface area (Å²) in [7, 11) is 0. The van der Waals surface area contributed by atoms with Crippen molar-refractivity contribution in [2.45, 2.75) is 38.8 Å². The molecule has 0 radical (unpaired) electrons. The van der Waals surface area contributed by atoms with Gasteiger partial charge in [0.1, 0.15) is 11.9 Å². The number of carbonyl (C=O) groups is 2. The molecule has 0 bridgehead atoms. The lowest BCUT2D eigenvalue weighted by atomic mass is 10.0. The lowest BCUT2D eigenvalue weighted by Gasteiger charge is -2.23. The molecule has 4 nitrogen and oxygen atoms in total. The number of halogens is 1. The molecule has 0 unspecified atom stereocenters. The first-order valence-electron chi connectivity index (χ1n) is 6.01. The van der Waals surface area contributed by atoms with Crippen LogP contribution in [0, 0.1) is 0 Å². The predicted molar refractivity (Wildman–Crippen MR) is 74.2 cm³/mol. The highest BCUT2D eigenvalue weighted by Gasteiger charge is 2.21. The third-order valence-electron chi connectivity index (χ3n) is 2.30. The fourth-order valence-corrected chi connectivity index (χ4v) is 1.83. The van der Waals surface area contributed by atoms with Crippen LogP contribution in [-0.4, -0.2) is 18.0 Å². The van der Waals surface area contributed by atoms with Gasteiger partial charge in [-0.1, -0.05) is 29.8 Å². The van der Waals surface area contributed by atoms with Gasteiger partial charge in [-0.3, -0.25) is 0 Å². The molecule has 0 aliphatic rings. The maximum atomic E-state index is 11.7. The van der Waals surface area contributed by atoms with E-state index in [4.69, 9.17) is 16.3 Å². The summed E-state index contributed by atoms with van der Waals surface area (Å²) in [6.45, 7) is 5.32. The van der Waals surface area contributed by atoms with Crippen molar-refractivity contribution in [1.29, 1.82) is 0 Å². The molecule has 0 aliphatic heterocycles. The Morgan fingerprint density at radius 2 is 2.05 bits per heavy atom. The zero-order chi connectivity index (χ0) is 14.5. The van der Waals surface area contributed by atoms with Gasteiger partial charge < -0.3 is 14.8 Å². The zero-order valence-electron chi connectivity index (χ0n) is 11.3. The van der Waals surface area contributed by atoms with Gasteiger partial charge in [-0.15, -0.1) is 0 Å². The Balaban J connectivity index is 2.82. The van der Waals surface area contributed by atoms with E-state index in [-0.39, 0.29) is 6.42 Å². The van der Waals surface area contributed by atoms with Crippen molar-refractivity contribution in [2.75, 3.05) is 0 Å². The lowest BCUT2D eigenvalue weighted by molar-refractivity contribution is -0.108. The SMILES string of the molecule is CC(C)(C)OC(=O)N[C@@H](CC=O)c1ccccc1Cl. The summed E-state index contributed by atoms with van der Waals surface area (Å²) >= 11 is 6.06. The number of ether oxygens (including phenoxy) is 1. The molecule has 1 aromatic carbocycles. The predicted octanol–water partition coefficient (Wildman–Crippen LogP) is 3.49. The maximum Gasteiger partial charge on any atom is 0.408 e. The van der Waals surface area contributed by atoms with Crippen LogP contribution in [0.5, 0.6) is 0 Å². The minimum absolute atomic E-state index is 0.142. The number of carbonyl (C=O) groups excluding carboxylic acids is 2. The van der Waals surface area contributed by atoms with Crippen LogP contribution in [0.1, 0.15) is 38.8 Å². The molecule has 0 fully saturated rings. The van der Waals surface area contributed by atoms with Gasteiger partial charge in [0.05, 0.1) is 6.04 Å². The van der Waals surface area contributed by atoms with Crippen LogP contribution >= 0.6 is 11.6 Å². The average molecular weight is 284 g/mol. The van der Waals surface area contributed by atoms with Gasteiger partial charge in [0.2, 0.25) is 0 Å². The summed E-state index contributed by atoms with van der Waals surface area (Å²) in [5.41, 5.74) is 0.109. The molecular weight excluding hydrogens is 266 g/mol. The Morgan fingerprint density at radius 3 is 2.58 bits per heavy atom. The van der Waals surface area contributed by atoms with Crippen molar-refractivity contribution in [3.05, 3.63) is 34.9 Å². The third kappa shape index (κ3) is 5.30. The molecule has 5 heteroatoms. The minimum atomic E-state index is -0.587. The molecule has 0 aromatic heterocycles. The summed E-state index contributed by atoms with van der Waals surface area (Å²) in [4.78, 5) is 22.5. The molecule has 1 atom stereocenters. The summed E-state index contributed by atoms with van der Waals surface area (Å²) < 4.78 is 5.17.